The van der Waals surface area contributed by atoms with Gasteiger partial charge in [-0.25, -0.2) is 4.98 Å². The van der Waals surface area contributed by atoms with Gasteiger partial charge < -0.3 is 5.73 Å². The minimum Gasteiger partial charge on any atom is -0.323 e. The maximum absolute atomic E-state index is 5.83. The molecule has 10 heavy (non-hydrogen) atoms. The van der Waals surface area contributed by atoms with E-state index in [0.717, 1.165) is 12.1 Å². The molecule has 1 aromatic heterocycles. The third kappa shape index (κ3) is 0.859. The monoisotopic (exact) mass is 154 g/mol. The number of fused-ring (bicyclic) bond motifs is 1. The second kappa shape index (κ2) is 2.32. The van der Waals surface area contributed by atoms with Gasteiger partial charge >= 0.3 is 0 Å². The molecule has 1 atom stereocenters. The lowest BCUT2D eigenvalue weighted by molar-refractivity contribution is 0.564. The molecule has 0 saturated heterocycles. The van der Waals surface area contributed by atoms with E-state index in [4.69, 9.17) is 5.73 Å². The second-order valence-corrected chi connectivity index (χ2v) is 3.60. The smallest absolute Gasteiger partial charge is 0.0798 e. The Morgan fingerprint density at radius 2 is 2.60 bits per heavy atom. The molecule has 1 aliphatic carbocycles. The number of aryl methyl sites for hydroxylation is 1. The van der Waals surface area contributed by atoms with Gasteiger partial charge in [0.05, 0.1) is 11.2 Å². The number of nitrogens with zero attached hydrogens (tertiary/aromatic N) is 1. The summed E-state index contributed by atoms with van der Waals surface area (Å²) in [5.74, 6) is 0. The van der Waals surface area contributed by atoms with Crippen molar-refractivity contribution < 1.29 is 0 Å². The van der Waals surface area contributed by atoms with Crippen LogP contribution in [0.3, 0.4) is 0 Å². The first kappa shape index (κ1) is 6.31. The Morgan fingerprint density at radius 1 is 1.70 bits per heavy atom. The van der Waals surface area contributed by atoms with Crippen molar-refractivity contribution >= 4 is 11.3 Å². The van der Waals surface area contributed by atoms with Crippen molar-refractivity contribution in [3.05, 3.63) is 16.1 Å². The van der Waals surface area contributed by atoms with Crippen LogP contribution < -0.4 is 5.73 Å². The molecule has 0 aromatic carbocycles. The Labute approximate surface area is 64.1 Å². The van der Waals surface area contributed by atoms with E-state index >= 15 is 0 Å². The SMILES string of the molecule is N[C@@H]1CCCc2scnc21. The lowest BCUT2D eigenvalue weighted by Gasteiger charge is -2.15. The minimum atomic E-state index is 0.218. The summed E-state index contributed by atoms with van der Waals surface area (Å²) in [4.78, 5) is 5.63. The molecule has 0 amide bonds. The van der Waals surface area contributed by atoms with Crippen LogP contribution in [0.15, 0.2) is 5.51 Å². The van der Waals surface area contributed by atoms with Gasteiger partial charge in [-0.1, -0.05) is 0 Å². The number of nitrogens with two attached hydrogens (primary N) is 1. The van der Waals surface area contributed by atoms with Crippen LogP contribution in [-0.2, 0) is 6.42 Å². The summed E-state index contributed by atoms with van der Waals surface area (Å²) in [7, 11) is 0. The fraction of sp³-hybridized carbons (Fsp3) is 0.571. The average Bonchev–Trinajstić information content (AvgIpc) is 2.36. The van der Waals surface area contributed by atoms with Gasteiger partial charge in [0.2, 0.25) is 0 Å². The molecule has 0 radical (unpaired) electrons. The third-order valence-electron chi connectivity index (χ3n) is 1.94. The quantitative estimate of drug-likeness (QED) is 0.614. The Hall–Kier alpha value is -0.410. The molecule has 54 valence electrons. The highest BCUT2D eigenvalue weighted by molar-refractivity contribution is 7.09. The van der Waals surface area contributed by atoms with Crippen molar-refractivity contribution in [1.82, 2.24) is 4.98 Å². The van der Waals surface area contributed by atoms with Crippen molar-refractivity contribution in [3.8, 4) is 0 Å². The largest absolute Gasteiger partial charge is 0.323 e. The topological polar surface area (TPSA) is 38.9 Å². The molecule has 2 rings (SSSR count). The van der Waals surface area contributed by atoms with Crippen LogP contribution in [0.25, 0.3) is 0 Å². The average molecular weight is 154 g/mol. The van der Waals surface area contributed by atoms with Gasteiger partial charge in [0.15, 0.2) is 0 Å². The summed E-state index contributed by atoms with van der Waals surface area (Å²) >= 11 is 1.74. The first-order valence-electron chi connectivity index (χ1n) is 3.56. The Morgan fingerprint density at radius 3 is 3.40 bits per heavy atom. The summed E-state index contributed by atoms with van der Waals surface area (Å²) in [6.07, 6.45) is 3.53. The predicted molar refractivity (Wildman–Crippen MR) is 42.0 cm³/mol. The van der Waals surface area contributed by atoms with Crippen molar-refractivity contribution in [2.75, 3.05) is 0 Å². The highest BCUT2D eigenvalue weighted by atomic mass is 32.1. The first-order valence-corrected chi connectivity index (χ1v) is 4.44. The summed E-state index contributed by atoms with van der Waals surface area (Å²) in [5.41, 5.74) is 8.88. The van der Waals surface area contributed by atoms with Crippen molar-refractivity contribution in [1.29, 1.82) is 0 Å². The maximum atomic E-state index is 5.83. The highest BCUT2D eigenvalue weighted by Crippen LogP contribution is 2.28. The molecule has 0 spiro atoms. The normalized spacial score (nSPS) is 24.3. The van der Waals surface area contributed by atoms with Crippen LogP contribution in [0.1, 0.15) is 29.5 Å². The van der Waals surface area contributed by atoms with Crippen molar-refractivity contribution in [3.63, 3.8) is 0 Å². The Bertz CT molecular complexity index is 231. The molecule has 0 saturated carbocycles. The van der Waals surface area contributed by atoms with Crippen LogP contribution in [0.2, 0.25) is 0 Å². The minimum absolute atomic E-state index is 0.218. The van der Waals surface area contributed by atoms with E-state index in [2.05, 4.69) is 4.98 Å². The summed E-state index contributed by atoms with van der Waals surface area (Å²) in [6, 6.07) is 0.218. The van der Waals surface area contributed by atoms with Gasteiger partial charge in [0.25, 0.3) is 0 Å². The molecule has 0 bridgehead atoms. The number of rotatable bonds is 0. The van der Waals surface area contributed by atoms with Crippen LogP contribution in [0.4, 0.5) is 0 Å². The van der Waals surface area contributed by atoms with E-state index in [0.29, 0.717) is 0 Å². The van der Waals surface area contributed by atoms with Crippen molar-refractivity contribution in [2.24, 2.45) is 5.73 Å². The zero-order valence-electron chi connectivity index (χ0n) is 5.71. The molecular formula is C7H10N2S. The number of hydrogen-bond acceptors (Lipinski definition) is 3. The summed E-state index contributed by atoms with van der Waals surface area (Å²) in [5, 5.41) is 0. The van der Waals surface area contributed by atoms with Crippen LogP contribution in [0, 0.1) is 0 Å². The highest BCUT2D eigenvalue weighted by Gasteiger charge is 2.18. The van der Waals surface area contributed by atoms with E-state index in [1.807, 2.05) is 5.51 Å². The zero-order chi connectivity index (χ0) is 6.97. The first-order chi connectivity index (χ1) is 4.88. The molecule has 0 unspecified atom stereocenters. The van der Waals surface area contributed by atoms with E-state index in [1.54, 1.807) is 11.3 Å². The van der Waals surface area contributed by atoms with Gasteiger partial charge in [-0.05, 0) is 19.3 Å². The lowest BCUT2D eigenvalue weighted by atomic mass is 9.99. The molecule has 1 heterocycles. The van der Waals surface area contributed by atoms with E-state index < -0.39 is 0 Å². The molecule has 3 heteroatoms. The fourth-order valence-corrected chi connectivity index (χ4v) is 2.27. The number of thiazole rings is 1. The molecule has 0 fully saturated rings. The zero-order valence-corrected chi connectivity index (χ0v) is 6.53. The van der Waals surface area contributed by atoms with E-state index in [-0.39, 0.29) is 6.04 Å². The van der Waals surface area contributed by atoms with Crippen LogP contribution >= 0.6 is 11.3 Å². The summed E-state index contributed by atoms with van der Waals surface area (Å²) < 4.78 is 0. The standard InChI is InChI=1S/C7H10N2S/c8-5-2-1-3-6-7(5)9-4-10-6/h4-5H,1-3,8H2/t5-/m1/s1. The molecule has 0 aliphatic heterocycles. The van der Waals surface area contributed by atoms with Crippen LogP contribution in [0.5, 0.6) is 0 Å². The predicted octanol–water partition coefficient (Wildman–Crippen LogP) is 1.48. The third-order valence-corrected chi connectivity index (χ3v) is 2.85. The Balaban J connectivity index is 2.41. The van der Waals surface area contributed by atoms with Crippen molar-refractivity contribution in [2.45, 2.75) is 25.3 Å². The van der Waals surface area contributed by atoms with E-state index in [1.165, 1.54) is 17.7 Å². The lowest BCUT2D eigenvalue weighted by Crippen LogP contribution is -2.16. The summed E-state index contributed by atoms with van der Waals surface area (Å²) in [6.45, 7) is 0. The number of aromatic nitrogens is 1. The number of hydrogen-bond donors (Lipinski definition) is 1. The molecular weight excluding hydrogens is 144 g/mol. The van der Waals surface area contributed by atoms with Gasteiger partial charge in [-0.2, -0.15) is 0 Å². The maximum Gasteiger partial charge on any atom is 0.0798 e. The van der Waals surface area contributed by atoms with Gasteiger partial charge in [0.1, 0.15) is 0 Å². The Kier molecular flexibility index (Phi) is 1.47. The molecule has 1 aromatic rings. The molecule has 2 nitrogen and oxygen atoms in total. The van der Waals surface area contributed by atoms with Crippen LogP contribution in [-0.4, -0.2) is 4.98 Å². The fourth-order valence-electron chi connectivity index (χ4n) is 1.39. The van der Waals surface area contributed by atoms with Gasteiger partial charge in [0, 0.05) is 10.9 Å². The second-order valence-electron chi connectivity index (χ2n) is 2.66. The van der Waals surface area contributed by atoms with Gasteiger partial charge in [-0.15, -0.1) is 11.3 Å². The molecule has 1 aliphatic rings. The van der Waals surface area contributed by atoms with E-state index in [9.17, 15) is 0 Å². The molecule has 2 N–H and O–H groups in total. The van der Waals surface area contributed by atoms with Gasteiger partial charge in [-0.3, -0.25) is 0 Å².